The Balaban J connectivity index is 1.19. The van der Waals surface area contributed by atoms with E-state index in [0.717, 1.165) is 61.6 Å². The van der Waals surface area contributed by atoms with Gasteiger partial charge in [-0.25, -0.2) is 4.98 Å². The number of benzene rings is 2. The van der Waals surface area contributed by atoms with Crippen molar-refractivity contribution >= 4 is 22.8 Å². The molecule has 2 fully saturated rings. The Labute approximate surface area is 212 Å². The predicted octanol–water partition coefficient (Wildman–Crippen LogP) is 3.16. The Hall–Kier alpha value is -3.39. The van der Waals surface area contributed by atoms with Crippen molar-refractivity contribution in [2.45, 2.75) is 38.8 Å². The number of likely N-dealkylation sites (tertiary alicyclic amines) is 1. The maximum atomic E-state index is 13.3. The van der Waals surface area contributed by atoms with Gasteiger partial charge in [-0.3, -0.25) is 14.5 Å². The molecule has 2 saturated heterocycles. The van der Waals surface area contributed by atoms with E-state index >= 15 is 0 Å². The number of rotatable bonds is 7. The van der Waals surface area contributed by atoms with Gasteiger partial charge < -0.3 is 19.1 Å². The van der Waals surface area contributed by atoms with Crippen molar-refractivity contribution < 1.29 is 14.3 Å². The van der Waals surface area contributed by atoms with E-state index in [1.54, 1.807) is 0 Å². The van der Waals surface area contributed by atoms with Crippen molar-refractivity contribution in [2.75, 3.05) is 45.8 Å². The van der Waals surface area contributed by atoms with Crippen molar-refractivity contribution in [3.8, 4) is 5.75 Å². The lowest BCUT2D eigenvalue weighted by molar-refractivity contribution is -0.135. The molecule has 2 aromatic carbocycles. The summed E-state index contributed by atoms with van der Waals surface area (Å²) in [5.41, 5.74) is 1.79. The SMILES string of the molecule is O=C(CN1CCN(C(=O)Cn2c(COc3ccccc3)nc3ccccc32)CC1)N1CCCCCC1. The monoisotopic (exact) mass is 489 g/mol. The van der Waals surface area contributed by atoms with Crippen LogP contribution in [-0.2, 0) is 22.7 Å². The number of amides is 2. The van der Waals surface area contributed by atoms with E-state index in [0.29, 0.717) is 26.2 Å². The molecule has 1 aromatic heterocycles. The van der Waals surface area contributed by atoms with Crippen LogP contribution in [0.4, 0.5) is 0 Å². The lowest BCUT2D eigenvalue weighted by Crippen LogP contribution is -2.52. The van der Waals surface area contributed by atoms with Gasteiger partial charge in [0.05, 0.1) is 17.6 Å². The molecule has 2 amide bonds. The minimum atomic E-state index is 0.0672. The van der Waals surface area contributed by atoms with Crippen molar-refractivity contribution in [3.63, 3.8) is 0 Å². The minimum absolute atomic E-state index is 0.0672. The summed E-state index contributed by atoms with van der Waals surface area (Å²) in [5.74, 6) is 1.80. The van der Waals surface area contributed by atoms with E-state index in [4.69, 9.17) is 9.72 Å². The normalized spacial score (nSPS) is 17.2. The molecule has 0 N–H and O–H groups in total. The number of hydrogen-bond donors (Lipinski definition) is 0. The van der Waals surface area contributed by atoms with Gasteiger partial charge in [0.15, 0.2) is 0 Å². The Morgan fingerprint density at radius 3 is 2.11 bits per heavy atom. The van der Waals surface area contributed by atoms with E-state index in [2.05, 4.69) is 4.90 Å². The van der Waals surface area contributed by atoms with Gasteiger partial charge in [0.25, 0.3) is 0 Å². The maximum absolute atomic E-state index is 13.3. The fraction of sp³-hybridized carbons (Fsp3) is 0.464. The van der Waals surface area contributed by atoms with E-state index in [1.807, 2.05) is 69.0 Å². The Morgan fingerprint density at radius 1 is 0.722 bits per heavy atom. The molecule has 8 heteroatoms. The smallest absolute Gasteiger partial charge is 0.242 e. The predicted molar refractivity (Wildman–Crippen MR) is 139 cm³/mol. The highest BCUT2D eigenvalue weighted by molar-refractivity contribution is 5.81. The molecule has 8 nitrogen and oxygen atoms in total. The molecule has 0 saturated carbocycles. The first kappa shape index (κ1) is 24.3. The molecular weight excluding hydrogens is 454 g/mol. The number of carbonyl (C=O) groups excluding carboxylic acids is 2. The summed E-state index contributed by atoms with van der Waals surface area (Å²) < 4.78 is 7.92. The maximum Gasteiger partial charge on any atom is 0.242 e. The zero-order valence-electron chi connectivity index (χ0n) is 20.8. The van der Waals surface area contributed by atoms with Crippen LogP contribution >= 0.6 is 0 Å². The molecule has 3 heterocycles. The second-order valence-corrected chi connectivity index (χ2v) is 9.66. The van der Waals surface area contributed by atoms with E-state index < -0.39 is 0 Å². The number of fused-ring (bicyclic) bond motifs is 1. The van der Waals surface area contributed by atoms with Crippen molar-refractivity contribution in [1.29, 1.82) is 0 Å². The fourth-order valence-corrected chi connectivity index (χ4v) is 5.08. The highest BCUT2D eigenvalue weighted by Crippen LogP contribution is 2.19. The van der Waals surface area contributed by atoms with Crippen LogP contribution < -0.4 is 4.74 Å². The van der Waals surface area contributed by atoms with Crippen LogP contribution in [0.25, 0.3) is 11.0 Å². The molecule has 0 unspecified atom stereocenters. The van der Waals surface area contributed by atoms with E-state index in [9.17, 15) is 9.59 Å². The summed E-state index contributed by atoms with van der Waals surface area (Å²) in [5, 5.41) is 0. The number of piperazine rings is 1. The quantitative estimate of drug-likeness (QED) is 0.510. The number of aromatic nitrogens is 2. The third-order valence-corrected chi connectivity index (χ3v) is 7.18. The highest BCUT2D eigenvalue weighted by atomic mass is 16.5. The number of carbonyl (C=O) groups is 2. The van der Waals surface area contributed by atoms with Crippen LogP contribution in [0.5, 0.6) is 5.75 Å². The lowest BCUT2D eigenvalue weighted by Gasteiger charge is -2.35. The van der Waals surface area contributed by atoms with Crippen LogP contribution in [0.3, 0.4) is 0 Å². The third kappa shape index (κ3) is 5.87. The van der Waals surface area contributed by atoms with Crippen molar-refractivity contribution in [2.24, 2.45) is 0 Å². The lowest BCUT2D eigenvalue weighted by atomic mass is 10.2. The first-order valence-electron chi connectivity index (χ1n) is 13.1. The zero-order chi connectivity index (χ0) is 24.7. The summed E-state index contributed by atoms with van der Waals surface area (Å²) >= 11 is 0. The molecule has 5 rings (SSSR count). The van der Waals surface area contributed by atoms with Gasteiger partial charge in [-0.1, -0.05) is 43.2 Å². The van der Waals surface area contributed by atoms with E-state index in [1.165, 1.54) is 12.8 Å². The van der Waals surface area contributed by atoms with Crippen LogP contribution in [0.2, 0.25) is 0 Å². The number of para-hydroxylation sites is 3. The average Bonchev–Trinajstić information content (AvgIpc) is 3.06. The number of nitrogens with zero attached hydrogens (tertiary/aromatic N) is 5. The van der Waals surface area contributed by atoms with Crippen LogP contribution in [0.1, 0.15) is 31.5 Å². The summed E-state index contributed by atoms with van der Waals surface area (Å²) in [6, 6.07) is 17.5. The van der Waals surface area contributed by atoms with Crippen LogP contribution in [0.15, 0.2) is 54.6 Å². The van der Waals surface area contributed by atoms with Gasteiger partial charge in [-0.05, 0) is 37.1 Å². The topological polar surface area (TPSA) is 70.9 Å². The summed E-state index contributed by atoms with van der Waals surface area (Å²) in [4.78, 5) is 36.9. The van der Waals surface area contributed by atoms with Crippen molar-refractivity contribution in [1.82, 2.24) is 24.3 Å². The molecule has 0 radical (unpaired) electrons. The third-order valence-electron chi connectivity index (χ3n) is 7.18. The second kappa shape index (κ2) is 11.6. The van der Waals surface area contributed by atoms with Gasteiger partial charge in [0.2, 0.25) is 11.8 Å². The molecule has 0 aliphatic carbocycles. The van der Waals surface area contributed by atoms with Gasteiger partial charge in [0, 0.05) is 39.3 Å². The average molecular weight is 490 g/mol. The molecular formula is C28H35N5O3. The molecule has 36 heavy (non-hydrogen) atoms. The molecule has 3 aromatic rings. The van der Waals surface area contributed by atoms with Crippen LogP contribution in [-0.4, -0.2) is 81.9 Å². The highest BCUT2D eigenvalue weighted by Gasteiger charge is 2.25. The van der Waals surface area contributed by atoms with Gasteiger partial charge in [-0.15, -0.1) is 0 Å². The van der Waals surface area contributed by atoms with Gasteiger partial charge in [-0.2, -0.15) is 0 Å². The minimum Gasteiger partial charge on any atom is -0.486 e. The molecule has 2 aliphatic heterocycles. The standard InChI is InChI=1S/C28H35N5O3/c34-27(31-14-8-1-2-9-15-31)20-30-16-18-32(19-17-30)28(35)21-33-25-13-7-6-12-24(25)29-26(33)22-36-23-10-4-3-5-11-23/h3-7,10-13H,1-2,8-9,14-22H2. The number of hydrogen-bond acceptors (Lipinski definition) is 5. The molecule has 0 spiro atoms. The van der Waals surface area contributed by atoms with Gasteiger partial charge in [0.1, 0.15) is 24.7 Å². The van der Waals surface area contributed by atoms with Crippen molar-refractivity contribution in [3.05, 3.63) is 60.4 Å². The Morgan fingerprint density at radius 2 is 1.36 bits per heavy atom. The Kier molecular flexibility index (Phi) is 7.81. The first-order chi connectivity index (χ1) is 17.7. The fourth-order valence-electron chi connectivity index (χ4n) is 5.08. The molecule has 2 aliphatic rings. The molecule has 0 atom stereocenters. The van der Waals surface area contributed by atoms with E-state index in [-0.39, 0.29) is 18.4 Å². The summed E-state index contributed by atoms with van der Waals surface area (Å²) in [6.07, 6.45) is 4.65. The second-order valence-electron chi connectivity index (χ2n) is 9.66. The molecule has 190 valence electrons. The number of ether oxygens (including phenoxy) is 1. The largest absolute Gasteiger partial charge is 0.486 e. The zero-order valence-corrected chi connectivity index (χ0v) is 20.8. The first-order valence-corrected chi connectivity index (χ1v) is 13.1. The van der Waals surface area contributed by atoms with Crippen LogP contribution in [0, 0.1) is 0 Å². The van der Waals surface area contributed by atoms with Gasteiger partial charge >= 0.3 is 0 Å². The summed E-state index contributed by atoms with van der Waals surface area (Å²) in [6.45, 7) is 5.44. The summed E-state index contributed by atoms with van der Waals surface area (Å²) in [7, 11) is 0. The number of imidazole rings is 1. The molecule has 0 bridgehead atoms. The Bertz CT molecular complexity index is 1160.